The Bertz CT molecular complexity index is 613. The van der Waals surface area contributed by atoms with Crippen molar-refractivity contribution in [1.29, 1.82) is 0 Å². The van der Waals surface area contributed by atoms with E-state index in [0.29, 0.717) is 0 Å². The van der Waals surface area contributed by atoms with E-state index < -0.39 is 0 Å². The molecule has 4 heteroatoms. The lowest BCUT2D eigenvalue weighted by atomic mass is 10.1. The first kappa shape index (κ1) is 16.0. The molecule has 0 heterocycles. The highest BCUT2D eigenvalue weighted by atomic mass is 16.5. The standard InChI is InChI=1S/C18H22N2O2/c1-14(18(21)19-16-9-5-4-6-10-16)20(2)13-15-8-7-11-17(12-15)22-3/h4-12,14H,13H2,1-3H3,(H,19,21)/p+1/t14-/m1/s1. The number of likely N-dealkylation sites (N-methyl/N-ethyl adjacent to an activating group) is 1. The van der Waals surface area contributed by atoms with Gasteiger partial charge in [-0.05, 0) is 31.2 Å². The molecule has 2 N–H and O–H groups in total. The van der Waals surface area contributed by atoms with Gasteiger partial charge in [0.2, 0.25) is 0 Å². The Labute approximate surface area is 131 Å². The number of ether oxygens (including phenoxy) is 1. The molecule has 1 amide bonds. The lowest BCUT2D eigenvalue weighted by Gasteiger charge is -2.21. The molecule has 4 nitrogen and oxygen atoms in total. The molecule has 0 aromatic heterocycles. The number of nitrogens with one attached hydrogen (secondary N) is 2. The summed E-state index contributed by atoms with van der Waals surface area (Å²) in [4.78, 5) is 13.4. The summed E-state index contributed by atoms with van der Waals surface area (Å²) in [5.41, 5.74) is 1.98. The maximum atomic E-state index is 12.3. The fourth-order valence-electron chi connectivity index (χ4n) is 2.25. The highest BCUT2D eigenvalue weighted by Crippen LogP contribution is 2.11. The van der Waals surface area contributed by atoms with E-state index in [-0.39, 0.29) is 11.9 Å². The molecule has 0 aliphatic carbocycles. The van der Waals surface area contributed by atoms with Gasteiger partial charge >= 0.3 is 0 Å². The van der Waals surface area contributed by atoms with Crippen LogP contribution in [0.25, 0.3) is 0 Å². The maximum Gasteiger partial charge on any atom is 0.282 e. The molecule has 2 atom stereocenters. The second kappa shape index (κ2) is 7.61. The Morgan fingerprint density at radius 2 is 1.91 bits per heavy atom. The fourth-order valence-corrected chi connectivity index (χ4v) is 2.25. The number of hydrogen-bond donors (Lipinski definition) is 2. The van der Waals surface area contributed by atoms with Crippen LogP contribution in [-0.4, -0.2) is 26.1 Å². The summed E-state index contributed by atoms with van der Waals surface area (Å²) in [5.74, 6) is 0.860. The number of para-hydroxylation sites is 1. The lowest BCUT2D eigenvalue weighted by Crippen LogP contribution is -3.12. The number of amides is 1. The first-order chi connectivity index (χ1) is 10.6. The van der Waals surface area contributed by atoms with Crippen LogP contribution in [0.5, 0.6) is 5.75 Å². The van der Waals surface area contributed by atoms with Gasteiger partial charge in [-0.25, -0.2) is 0 Å². The average molecular weight is 299 g/mol. The summed E-state index contributed by atoms with van der Waals surface area (Å²) in [6, 6.07) is 17.3. The van der Waals surface area contributed by atoms with E-state index in [9.17, 15) is 4.79 Å². The van der Waals surface area contributed by atoms with Crippen LogP contribution in [0.4, 0.5) is 5.69 Å². The second-order valence-electron chi connectivity index (χ2n) is 5.45. The Kier molecular flexibility index (Phi) is 5.55. The summed E-state index contributed by atoms with van der Waals surface area (Å²) in [5, 5.41) is 2.95. The molecule has 2 aromatic carbocycles. The largest absolute Gasteiger partial charge is 0.497 e. The molecule has 0 aliphatic heterocycles. The number of methoxy groups -OCH3 is 1. The third-order valence-corrected chi connectivity index (χ3v) is 3.79. The number of quaternary nitrogens is 1. The second-order valence-corrected chi connectivity index (χ2v) is 5.45. The Balaban J connectivity index is 1.96. The molecule has 0 spiro atoms. The summed E-state index contributed by atoms with van der Waals surface area (Å²) >= 11 is 0. The molecule has 116 valence electrons. The monoisotopic (exact) mass is 299 g/mol. The summed E-state index contributed by atoms with van der Waals surface area (Å²) in [6.07, 6.45) is 0. The van der Waals surface area contributed by atoms with Crippen molar-refractivity contribution in [3.05, 3.63) is 60.2 Å². The average Bonchev–Trinajstić information content (AvgIpc) is 2.55. The molecule has 1 unspecified atom stereocenters. The number of benzene rings is 2. The minimum atomic E-state index is -0.147. The molecule has 0 bridgehead atoms. The van der Waals surface area contributed by atoms with E-state index >= 15 is 0 Å². The zero-order valence-electron chi connectivity index (χ0n) is 13.3. The SMILES string of the molecule is COc1cccc(C[NH+](C)[C@H](C)C(=O)Nc2ccccc2)c1. The first-order valence-electron chi connectivity index (χ1n) is 7.41. The van der Waals surface area contributed by atoms with Crippen LogP contribution in [0.3, 0.4) is 0 Å². The van der Waals surface area contributed by atoms with E-state index in [2.05, 4.69) is 5.32 Å². The van der Waals surface area contributed by atoms with Crippen LogP contribution >= 0.6 is 0 Å². The van der Waals surface area contributed by atoms with E-state index in [1.807, 2.05) is 68.6 Å². The van der Waals surface area contributed by atoms with Crippen molar-refractivity contribution in [2.24, 2.45) is 0 Å². The third-order valence-electron chi connectivity index (χ3n) is 3.79. The van der Waals surface area contributed by atoms with Crippen molar-refractivity contribution in [1.82, 2.24) is 0 Å². The molecular weight excluding hydrogens is 276 g/mol. The molecule has 0 fully saturated rings. The van der Waals surface area contributed by atoms with E-state index in [1.54, 1.807) is 7.11 Å². The number of anilines is 1. The Morgan fingerprint density at radius 3 is 2.59 bits per heavy atom. The Morgan fingerprint density at radius 1 is 1.18 bits per heavy atom. The minimum Gasteiger partial charge on any atom is -0.497 e. The zero-order valence-corrected chi connectivity index (χ0v) is 13.3. The van der Waals surface area contributed by atoms with Crippen LogP contribution in [-0.2, 0) is 11.3 Å². The van der Waals surface area contributed by atoms with Crippen molar-refractivity contribution < 1.29 is 14.4 Å². The molecule has 0 radical (unpaired) electrons. The van der Waals surface area contributed by atoms with Crippen LogP contribution < -0.4 is 15.0 Å². The van der Waals surface area contributed by atoms with Gasteiger partial charge in [-0.15, -0.1) is 0 Å². The van der Waals surface area contributed by atoms with Gasteiger partial charge in [-0.2, -0.15) is 0 Å². The summed E-state index contributed by atoms with van der Waals surface area (Å²) in [7, 11) is 3.68. The summed E-state index contributed by atoms with van der Waals surface area (Å²) < 4.78 is 5.23. The smallest absolute Gasteiger partial charge is 0.282 e. The minimum absolute atomic E-state index is 0.0200. The van der Waals surface area contributed by atoms with Crippen LogP contribution in [0, 0.1) is 0 Å². The highest BCUT2D eigenvalue weighted by Gasteiger charge is 2.22. The van der Waals surface area contributed by atoms with Crippen LogP contribution in [0.1, 0.15) is 12.5 Å². The van der Waals surface area contributed by atoms with Gasteiger partial charge in [-0.3, -0.25) is 4.79 Å². The number of carbonyl (C=O) groups excluding carboxylic acids is 1. The molecule has 0 saturated carbocycles. The van der Waals surface area contributed by atoms with Crippen molar-refractivity contribution in [2.75, 3.05) is 19.5 Å². The van der Waals surface area contributed by atoms with Crippen molar-refractivity contribution in [2.45, 2.75) is 19.5 Å². The summed E-state index contributed by atoms with van der Waals surface area (Å²) in [6.45, 7) is 2.70. The quantitative estimate of drug-likeness (QED) is 0.853. The van der Waals surface area contributed by atoms with Crippen molar-refractivity contribution in [3.8, 4) is 5.75 Å². The molecule has 2 rings (SSSR count). The lowest BCUT2D eigenvalue weighted by molar-refractivity contribution is -0.907. The van der Waals surface area contributed by atoms with Crippen molar-refractivity contribution >= 4 is 11.6 Å². The highest BCUT2D eigenvalue weighted by molar-refractivity contribution is 5.93. The van der Waals surface area contributed by atoms with Crippen LogP contribution in [0.2, 0.25) is 0 Å². The van der Waals surface area contributed by atoms with Crippen molar-refractivity contribution in [3.63, 3.8) is 0 Å². The van der Waals surface area contributed by atoms with Gasteiger partial charge in [0.05, 0.1) is 14.2 Å². The Hall–Kier alpha value is -2.33. The zero-order chi connectivity index (χ0) is 15.9. The number of carbonyl (C=O) groups is 1. The van der Waals surface area contributed by atoms with Gasteiger partial charge in [0.1, 0.15) is 12.3 Å². The number of hydrogen-bond acceptors (Lipinski definition) is 2. The van der Waals surface area contributed by atoms with E-state index in [1.165, 1.54) is 0 Å². The van der Waals surface area contributed by atoms with Crippen LogP contribution in [0.15, 0.2) is 54.6 Å². The topological polar surface area (TPSA) is 42.8 Å². The molecule has 0 saturated heterocycles. The molecular formula is C18H23N2O2+. The predicted octanol–water partition coefficient (Wildman–Crippen LogP) is 1.74. The van der Waals surface area contributed by atoms with E-state index in [0.717, 1.165) is 28.4 Å². The van der Waals surface area contributed by atoms with E-state index in [4.69, 9.17) is 4.74 Å². The van der Waals surface area contributed by atoms with Gasteiger partial charge in [0.15, 0.2) is 6.04 Å². The van der Waals surface area contributed by atoms with Gasteiger partial charge in [-0.1, -0.05) is 30.3 Å². The maximum absolute atomic E-state index is 12.3. The van der Waals surface area contributed by atoms with Gasteiger partial charge in [0, 0.05) is 11.3 Å². The van der Waals surface area contributed by atoms with Gasteiger partial charge in [0.25, 0.3) is 5.91 Å². The molecule has 0 aliphatic rings. The molecule has 2 aromatic rings. The fraction of sp³-hybridized carbons (Fsp3) is 0.278. The normalized spacial score (nSPS) is 13.2. The third kappa shape index (κ3) is 4.33. The molecule has 22 heavy (non-hydrogen) atoms. The number of rotatable bonds is 6. The first-order valence-corrected chi connectivity index (χ1v) is 7.41. The predicted molar refractivity (Wildman–Crippen MR) is 88.1 cm³/mol. The van der Waals surface area contributed by atoms with Gasteiger partial charge < -0.3 is 15.0 Å².